The molecule has 1 heterocycles. The van der Waals surface area contributed by atoms with Crippen molar-refractivity contribution in [3.05, 3.63) is 169 Å². The summed E-state index contributed by atoms with van der Waals surface area (Å²) in [6.07, 6.45) is 0. The van der Waals surface area contributed by atoms with Gasteiger partial charge >= 0.3 is 0 Å². The first kappa shape index (κ1) is 13.4. The second-order valence-corrected chi connectivity index (χ2v) is 10.2. The second kappa shape index (κ2) is 10.4. The normalized spacial score (nSPS) is 17.2. The molecule has 0 saturated carbocycles. The van der Waals surface area contributed by atoms with Crippen LogP contribution in [0.3, 0.4) is 0 Å². The maximum absolute atomic E-state index is 9.57. The molecule has 0 aliphatic heterocycles. The van der Waals surface area contributed by atoms with Gasteiger partial charge < -0.3 is 4.42 Å². The highest BCUT2D eigenvalue weighted by atomic mass is 16.3. The molecule has 0 unspecified atom stereocenters. The molecule has 0 aliphatic rings. The summed E-state index contributed by atoms with van der Waals surface area (Å²) in [6.45, 7) is 0. The molecule has 0 amide bonds. The average Bonchev–Trinajstić information content (AvgIpc) is 3.66. The van der Waals surface area contributed by atoms with Gasteiger partial charge in [0.25, 0.3) is 0 Å². The number of hydrogen-bond acceptors (Lipinski definition) is 1. The molecule has 0 bridgehead atoms. The van der Waals surface area contributed by atoms with Gasteiger partial charge in [-0.15, -0.1) is 0 Å². The number of benzene rings is 8. The smallest absolute Gasteiger partial charge is 0.136 e. The van der Waals surface area contributed by atoms with Crippen molar-refractivity contribution in [2.24, 2.45) is 0 Å². The zero-order valence-electron chi connectivity index (χ0n) is 41.2. The van der Waals surface area contributed by atoms with Crippen LogP contribution in [0.25, 0.3) is 88.0 Å². The van der Waals surface area contributed by atoms with Gasteiger partial charge in [-0.2, -0.15) is 0 Å². The number of fused-ring (bicyclic) bond motifs is 5. The van der Waals surface area contributed by atoms with Gasteiger partial charge in [0.2, 0.25) is 0 Å². The molecule has 0 N–H and O–H groups in total. The Labute approximate surface area is 286 Å². The largest absolute Gasteiger partial charge is 0.456 e. The van der Waals surface area contributed by atoms with Crippen LogP contribution < -0.4 is 0 Å². The molecule has 9 aromatic rings. The third-order valence-corrected chi connectivity index (χ3v) is 7.82. The monoisotopic (exact) mass is 590 g/mol. The number of furan rings is 1. The van der Waals surface area contributed by atoms with E-state index in [1.807, 2.05) is 0 Å². The molecule has 0 spiro atoms. The highest BCUT2D eigenvalue weighted by Crippen LogP contribution is 2.50. The van der Waals surface area contributed by atoms with E-state index >= 15 is 0 Å². The predicted octanol–water partition coefficient (Wildman–Crippen LogP) is 12.6. The summed E-state index contributed by atoms with van der Waals surface area (Å²) < 4.78 is 169. The molecule has 0 radical (unpaired) electrons. The van der Waals surface area contributed by atoms with E-state index in [0.717, 1.165) is 0 Å². The fourth-order valence-corrected chi connectivity index (χ4v) is 5.93. The van der Waals surface area contributed by atoms with E-state index in [-0.39, 0.29) is 61.2 Å². The fourth-order valence-electron chi connectivity index (χ4n) is 5.93. The van der Waals surface area contributed by atoms with E-state index in [1.54, 1.807) is 24.3 Å². The molecule has 1 heteroatoms. The topological polar surface area (TPSA) is 13.1 Å². The van der Waals surface area contributed by atoms with Crippen molar-refractivity contribution in [2.45, 2.75) is 0 Å². The Kier molecular flexibility index (Phi) is 3.08. The molecule has 210 valence electrons. The molecule has 0 fully saturated rings. The fraction of sp³-hybridized carbons (Fsp3) is 0. The van der Waals surface area contributed by atoms with Crippen LogP contribution in [0.5, 0.6) is 0 Å². The van der Waals surface area contributed by atoms with E-state index < -0.39 is 125 Å². The van der Waals surface area contributed by atoms with Crippen LogP contribution in [-0.2, 0) is 0 Å². The van der Waals surface area contributed by atoms with Crippen LogP contribution in [0.1, 0.15) is 24.7 Å². The van der Waals surface area contributed by atoms with Crippen molar-refractivity contribution in [1.82, 2.24) is 0 Å². The van der Waals surface area contributed by atoms with Gasteiger partial charge in [-0.3, -0.25) is 0 Å². The summed E-state index contributed by atoms with van der Waals surface area (Å²) >= 11 is 0. The van der Waals surface area contributed by atoms with Gasteiger partial charge in [-0.1, -0.05) is 157 Å². The van der Waals surface area contributed by atoms with E-state index in [2.05, 4.69) is 0 Å². The third-order valence-electron chi connectivity index (χ3n) is 7.82. The quantitative estimate of drug-likeness (QED) is 0.186. The minimum absolute atomic E-state index is 0.0691. The molecular weight excluding hydrogens is 544 g/mol. The SMILES string of the molecule is [2H]c1ccc(-c2c([2H])c([2H])c(-c3c4c([2H])c([2H])c([2H])c([2H])c4c(-c4c(-c5c([2H])c([2H])c([2H])c([2H])c5[2H])ccc5oc6ccccc6c45)c4c([2H])c([2H])c([2H])c([2H])c34)c([2H])c2[2H])cc1. The standard InChI is InChI=1S/C44H28O/c1-3-13-29(14-4-1)30-23-25-32(26-24-30)41-34-17-7-9-19-36(34)42(37-20-10-8-18-35(37)41)44-33(31-15-5-2-6-16-31)27-28-40-43(44)38-21-11-12-22-39(38)45-40/h1-28H/i1D,2D,5D,6D,7D,8D,9D,10D,15D,16D,17D,18D,19D,20D,23D,24D,25D,26D. The summed E-state index contributed by atoms with van der Waals surface area (Å²) in [5, 5.41) is -1.02. The molecular formula is C44H28O. The first-order chi connectivity index (χ1) is 29.8. The summed E-state index contributed by atoms with van der Waals surface area (Å²) in [5.74, 6) is 0. The maximum atomic E-state index is 9.57. The summed E-state index contributed by atoms with van der Waals surface area (Å²) in [5.41, 5.74) is -1.12. The van der Waals surface area contributed by atoms with Crippen molar-refractivity contribution in [2.75, 3.05) is 0 Å². The Balaban J connectivity index is 1.63. The Morgan fingerprint density at radius 1 is 0.356 bits per heavy atom. The van der Waals surface area contributed by atoms with Crippen LogP contribution in [0, 0.1) is 0 Å². The highest BCUT2D eigenvalue weighted by molar-refractivity contribution is 6.27. The molecule has 0 saturated heterocycles. The van der Waals surface area contributed by atoms with Crippen LogP contribution in [0.4, 0.5) is 0 Å². The summed E-state index contributed by atoms with van der Waals surface area (Å²) in [7, 11) is 0. The molecule has 0 aliphatic carbocycles. The molecule has 8 aromatic carbocycles. The van der Waals surface area contributed by atoms with Crippen LogP contribution in [0.15, 0.2) is 174 Å². The first-order valence-corrected chi connectivity index (χ1v) is 14.0. The van der Waals surface area contributed by atoms with Gasteiger partial charge in [0.05, 0.1) is 24.7 Å². The Morgan fingerprint density at radius 2 is 0.956 bits per heavy atom. The van der Waals surface area contributed by atoms with Crippen molar-refractivity contribution in [3.8, 4) is 44.5 Å². The van der Waals surface area contributed by atoms with E-state index in [9.17, 15) is 11.0 Å². The average molecular weight is 591 g/mol. The van der Waals surface area contributed by atoms with Gasteiger partial charge in [0, 0.05) is 16.3 Å². The zero-order chi connectivity index (χ0) is 45.4. The zero-order valence-corrected chi connectivity index (χ0v) is 23.2. The Bertz CT molecular complexity index is 3400. The maximum Gasteiger partial charge on any atom is 0.136 e. The molecule has 9 rings (SSSR count). The summed E-state index contributed by atoms with van der Waals surface area (Å²) in [6, 6.07) is 3.48. The number of para-hydroxylation sites is 1. The van der Waals surface area contributed by atoms with Gasteiger partial charge in [0.15, 0.2) is 0 Å². The molecule has 1 nitrogen and oxygen atoms in total. The lowest BCUT2D eigenvalue weighted by Crippen LogP contribution is -1.93. The molecule has 0 atom stereocenters. The predicted molar refractivity (Wildman–Crippen MR) is 190 cm³/mol. The van der Waals surface area contributed by atoms with Crippen LogP contribution in [0.2, 0.25) is 0 Å². The van der Waals surface area contributed by atoms with Crippen LogP contribution in [-0.4, -0.2) is 0 Å². The van der Waals surface area contributed by atoms with E-state index in [1.165, 1.54) is 36.4 Å². The van der Waals surface area contributed by atoms with Crippen molar-refractivity contribution in [3.63, 3.8) is 0 Å². The van der Waals surface area contributed by atoms with Crippen molar-refractivity contribution < 1.29 is 29.1 Å². The number of rotatable bonds is 4. The lowest BCUT2D eigenvalue weighted by atomic mass is 9.82. The second-order valence-electron chi connectivity index (χ2n) is 10.2. The third kappa shape index (κ3) is 4.09. The first-order valence-electron chi connectivity index (χ1n) is 23.0. The van der Waals surface area contributed by atoms with E-state index in [4.69, 9.17) is 18.1 Å². The molecule has 1 aromatic heterocycles. The lowest BCUT2D eigenvalue weighted by molar-refractivity contribution is 0.669. The van der Waals surface area contributed by atoms with Gasteiger partial charge in [-0.25, -0.2) is 0 Å². The Morgan fingerprint density at radius 3 is 1.64 bits per heavy atom. The minimum atomic E-state index is -0.792. The summed E-state index contributed by atoms with van der Waals surface area (Å²) in [4.78, 5) is 0. The Hall–Kier alpha value is -5.92. The number of hydrogen-bond donors (Lipinski definition) is 0. The minimum Gasteiger partial charge on any atom is -0.456 e. The van der Waals surface area contributed by atoms with Gasteiger partial charge in [0.1, 0.15) is 11.2 Å². The van der Waals surface area contributed by atoms with Crippen molar-refractivity contribution in [1.29, 1.82) is 0 Å². The van der Waals surface area contributed by atoms with Crippen molar-refractivity contribution >= 4 is 43.5 Å². The highest BCUT2D eigenvalue weighted by Gasteiger charge is 2.23. The lowest BCUT2D eigenvalue weighted by Gasteiger charge is -2.20. The molecule has 45 heavy (non-hydrogen) atoms. The van der Waals surface area contributed by atoms with Gasteiger partial charge in [-0.05, 0) is 72.6 Å². The van der Waals surface area contributed by atoms with Crippen LogP contribution >= 0.6 is 0 Å². The van der Waals surface area contributed by atoms with E-state index in [0.29, 0.717) is 11.0 Å².